The summed E-state index contributed by atoms with van der Waals surface area (Å²) in [5.74, 6) is -0.515. The summed E-state index contributed by atoms with van der Waals surface area (Å²) >= 11 is 6.27. The van der Waals surface area contributed by atoms with Crippen LogP contribution in [-0.4, -0.2) is 53.9 Å². The van der Waals surface area contributed by atoms with Crippen molar-refractivity contribution in [1.29, 1.82) is 0 Å². The van der Waals surface area contributed by atoms with Gasteiger partial charge in [-0.1, -0.05) is 6.42 Å². The third-order valence-corrected chi connectivity index (χ3v) is 3.62. The molecule has 0 amide bonds. The van der Waals surface area contributed by atoms with Gasteiger partial charge >= 0.3 is 10.4 Å². The summed E-state index contributed by atoms with van der Waals surface area (Å²) in [6, 6.07) is 0. The Kier molecular flexibility index (Phi) is 6.63. The number of alkyl halides is 1. The van der Waals surface area contributed by atoms with Crippen molar-refractivity contribution < 1.29 is 27.0 Å². The van der Waals surface area contributed by atoms with Crippen LogP contribution < -0.4 is 11.5 Å². The maximum atomic E-state index is 8.74. The number of hydrogen-bond acceptors (Lipinski definition) is 5. The van der Waals surface area contributed by atoms with Gasteiger partial charge in [0, 0.05) is 6.42 Å². The van der Waals surface area contributed by atoms with Crippen LogP contribution in [0.15, 0.2) is 4.99 Å². The lowest BCUT2D eigenvalue weighted by atomic mass is 9.94. The molecule has 11 heteroatoms. The highest BCUT2D eigenvalue weighted by atomic mass is 35.5. The number of ether oxygens (including phenoxy) is 2. The molecule has 3 atom stereocenters. The molecule has 3 unspecified atom stereocenters. The van der Waals surface area contributed by atoms with E-state index in [2.05, 4.69) is 4.99 Å². The van der Waals surface area contributed by atoms with E-state index in [9.17, 15) is 0 Å². The molecule has 2 fully saturated rings. The van der Waals surface area contributed by atoms with E-state index in [-0.39, 0.29) is 17.4 Å². The Bertz CT molecular complexity index is 461. The second-order valence-electron chi connectivity index (χ2n) is 4.79. The molecule has 0 aromatic carbocycles. The molecule has 0 bridgehead atoms. The molecule has 1 spiro atoms. The van der Waals surface area contributed by atoms with E-state index in [1.54, 1.807) is 0 Å². The molecule has 0 aromatic heterocycles. The van der Waals surface area contributed by atoms with Crippen LogP contribution in [0.3, 0.4) is 0 Å². The smallest absolute Gasteiger partial charge is 0.370 e. The number of nitrogens with two attached hydrogens (primary N) is 2. The Hall–Kier alpha value is -0.650. The van der Waals surface area contributed by atoms with Gasteiger partial charge in [0.2, 0.25) is 0 Å². The van der Waals surface area contributed by atoms with Crippen LogP contribution in [0.5, 0.6) is 0 Å². The summed E-state index contributed by atoms with van der Waals surface area (Å²) < 4.78 is 43.2. The minimum atomic E-state index is -4.67. The molecule has 9 nitrogen and oxygen atoms in total. The second kappa shape index (κ2) is 7.56. The summed E-state index contributed by atoms with van der Waals surface area (Å²) in [5, 5.41) is -0.0644. The highest BCUT2D eigenvalue weighted by Crippen LogP contribution is 2.40. The Morgan fingerprint density at radius 3 is 2.52 bits per heavy atom. The van der Waals surface area contributed by atoms with Gasteiger partial charge in [-0.2, -0.15) is 8.42 Å². The molecule has 2 rings (SSSR count). The summed E-state index contributed by atoms with van der Waals surface area (Å²) in [6.45, 7) is 0.952. The predicted octanol–water partition coefficient (Wildman–Crippen LogP) is -0.0999. The van der Waals surface area contributed by atoms with Gasteiger partial charge in [0.25, 0.3) is 0 Å². The van der Waals surface area contributed by atoms with Gasteiger partial charge in [-0.25, -0.2) is 0 Å². The Labute approximate surface area is 128 Å². The highest BCUT2D eigenvalue weighted by molar-refractivity contribution is 7.79. The lowest BCUT2D eigenvalue weighted by Crippen LogP contribution is -2.43. The largest absolute Gasteiger partial charge is 0.394 e. The van der Waals surface area contributed by atoms with Crippen LogP contribution in [0.25, 0.3) is 0 Å². The van der Waals surface area contributed by atoms with Crippen LogP contribution in [0, 0.1) is 0 Å². The molecule has 124 valence electrons. The summed E-state index contributed by atoms with van der Waals surface area (Å²) in [4.78, 5) is 3.93. The maximum absolute atomic E-state index is 8.74. The van der Waals surface area contributed by atoms with Crippen molar-refractivity contribution in [3.8, 4) is 0 Å². The van der Waals surface area contributed by atoms with Crippen molar-refractivity contribution in [1.82, 2.24) is 0 Å². The topological polar surface area (TPSA) is 157 Å². The quantitative estimate of drug-likeness (QED) is 0.234. The van der Waals surface area contributed by atoms with Crippen molar-refractivity contribution in [2.75, 3.05) is 13.2 Å². The standard InChI is InChI=1S/C10H18ClN3O2.H2O4S/c11-8-3-1-2-4-10(8)15-6-7(16-10)5-14-9(12)13;1-5(2,3)4/h7-8H,1-6H2,(H4,12,13,14);(H2,1,2,3,4). The van der Waals surface area contributed by atoms with Gasteiger partial charge in [0.05, 0.1) is 18.5 Å². The number of nitrogens with zero attached hydrogens (tertiary/aromatic N) is 1. The van der Waals surface area contributed by atoms with Crippen molar-refractivity contribution in [3.63, 3.8) is 0 Å². The second-order valence-corrected chi connectivity index (χ2v) is 6.21. The van der Waals surface area contributed by atoms with Crippen LogP contribution in [0.4, 0.5) is 0 Å². The van der Waals surface area contributed by atoms with E-state index in [0.717, 1.165) is 25.7 Å². The SMILES string of the molecule is NC(N)=NCC1COC2(CCCCC2Cl)O1.O=S(=O)(O)O. The first-order chi connectivity index (χ1) is 9.62. The van der Waals surface area contributed by atoms with Crippen LogP contribution in [-0.2, 0) is 19.9 Å². The van der Waals surface area contributed by atoms with E-state index in [4.69, 9.17) is 50.1 Å². The molecule has 6 N–H and O–H groups in total. The minimum Gasteiger partial charge on any atom is -0.370 e. The molecule has 1 aliphatic carbocycles. The zero-order chi connectivity index (χ0) is 16.1. The molecule has 1 saturated heterocycles. The van der Waals surface area contributed by atoms with Crippen LogP contribution >= 0.6 is 11.6 Å². The van der Waals surface area contributed by atoms with Crippen LogP contribution in [0.1, 0.15) is 25.7 Å². The fourth-order valence-corrected chi connectivity index (χ4v) is 2.63. The fraction of sp³-hybridized carbons (Fsp3) is 0.900. The van der Waals surface area contributed by atoms with Gasteiger partial charge in [-0.3, -0.25) is 14.1 Å². The third kappa shape index (κ3) is 6.76. The van der Waals surface area contributed by atoms with Crippen molar-refractivity contribution in [2.45, 2.75) is 43.0 Å². The van der Waals surface area contributed by atoms with Gasteiger partial charge in [0.15, 0.2) is 11.7 Å². The first-order valence-corrected chi connectivity index (χ1v) is 8.17. The van der Waals surface area contributed by atoms with Crippen molar-refractivity contribution >= 4 is 28.0 Å². The minimum absolute atomic E-state index is 0.0644. The lowest BCUT2D eigenvalue weighted by Gasteiger charge is -2.36. The highest BCUT2D eigenvalue weighted by Gasteiger charge is 2.48. The Morgan fingerprint density at radius 2 is 2.00 bits per heavy atom. The van der Waals surface area contributed by atoms with Gasteiger partial charge in [0.1, 0.15) is 6.10 Å². The van der Waals surface area contributed by atoms with Crippen molar-refractivity contribution in [3.05, 3.63) is 0 Å². The molecule has 0 aromatic rings. The molecular formula is C10H20ClN3O6S. The number of guanidine groups is 1. The Balaban J connectivity index is 0.000000383. The first kappa shape index (κ1) is 18.4. The number of rotatable bonds is 2. The number of halogens is 1. The monoisotopic (exact) mass is 345 g/mol. The normalized spacial score (nSPS) is 32.3. The molecule has 21 heavy (non-hydrogen) atoms. The predicted molar refractivity (Wildman–Crippen MR) is 76.5 cm³/mol. The molecule has 1 aliphatic heterocycles. The first-order valence-electron chi connectivity index (χ1n) is 6.33. The molecule has 1 heterocycles. The summed E-state index contributed by atoms with van der Waals surface area (Å²) in [5.41, 5.74) is 10.5. The fourth-order valence-electron chi connectivity index (χ4n) is 2.25. The molecule has 2 aliphatic rings. The number of hydrogen-bond donors (Lipinski definition) is 4. The average Bonchev–Trinajstić information content (AvgIpc) is 2.73. The molecular weight excluding hydrogens is 326 g/mol. The lowest BCUT2D eigenvalue weighted by molar-refractivity contribution is -0.182. The van der Waals surface area contributed by atoms with E-state index in [0.29, 0.717) is 13.2 Å². The van der Waals surface area contributed by atoms with Crippen molar-refractivity contribution in [2.24, 2.45) is 16.5 Å². The van der Waals surface area contributed by atoms with Gasteiger partial charge in [-0.15, -0.1) is 11.6 Å². The van der Waals surface area contributed by atoms with E-state index in [1.165, 1.54) is 0 Å². The van der Waals surface area contributed by atoms with E-state index in [1.807, 2.05) is 0 Å². The summed E-state index contributed by atoms with van der Waals surface area (Å²) in [7, 11) is -4.67. The van der Waals surface area contributed by atoms with Crippen LogP contribution in [0.2, 0.25) is 0 Å². The average molecular weight is 346 g/mol. The van der Waals surface area contributed by atoms with Gasteiger partial charge < -0.3 is 20.9 Å². The van der Waals surface area contributed by atoms with E-state index >= 15 is 0 Å². The maximum Gasteiger partial charge on any atom is 0.394 e. The molecule has 0 radical (unpaired) electrons. The number of aliphatic imine (C=N–C) groups is 1. The third-order valence-electron chi connectivity index (χ3n) is 3.07. The molecule has 1 saturated carbocycles. The zero-order valence-corrected chi connectivity index (χ0v) is 12.9. The van der Waals surface area contributed by atoms with E-state index < -0.39 is 16.2 Å². The summed E-state index contributed by atoms with van der Waals surface area (Å²) in [6.07, 6.45) is 3.96. The zero-order valence-electron chi connectivity index (χ0n) is 11.3. The van der Waals surface area contributed by atoms with Gasteiger partial charge in [-0.05, 0) is 12.8 Å². The Morgan fingerprint density at radius 1 is 1.38 bits per heavy atom.